The number of para-hydroxylation sites is 1. The first-order valence-electron chi connectivity index (χ1n) is 13.6. The highest BCUT2D eigenvalue weighted by Gasteiger charge is 2.48. The van der Waals surface area contributed by atoms with Crippen molar-refractivity contribution in [2.75, 3.05) is 25.6 Å². The van der Waals surface area contributed by atoms with Crippen LogP contribution in [0.5, 0.6) is 0 Å². The van der Waals surface area contributed by atoms with Crippen molar-refractivity contribution in [2.45, 2.75) is 64.2 Å². The van der Waals surface area contributed by atoms with Crippen molar-refractivity contribution in [2.24, 2.45) is 17.8 Å². The van der Waals surface area contributed by atoms with Crippen LogP contribution in [0.2, 0.25) is 0 Å². The molecule has 2 fully saturated rings. The summed E-state index contributed by atoms with van der Waals surface area (Å²) in [4.78, 5) is 36.8. The van der Waals surface area contributed by atoms with Gasteiger partial charge in [-0.15, -0.1) is 0 Å². The molecule has 0 aliphatic heterocycles. The van der Waals surface area contributed by atoms with Gasteiger partial charge in [-0.25, -0.2) is 4.39 Å². The maximum atomic E-state index is 14.1. The highest BCUT2D eigenvalue weighted by Crippen LogP contribution is 2.51. The molecule has 1 atom stereocenters. The number of carbonyl (C=O) groups is 3. The number of ether oxygens (including phenoxy) is 1. The van der Waals surface area contributed by atoms with E-state index in [1.807, 2.05) is 13.8 Å². The number of nitrogens with one attached hydrogen (secondary N) is 3. The maximum Gasteiger partial charge on any atom is 0.405 e. The number of aromatic nitrogens is 2. The molecule has 0 bridgehead atoms. The molecule has 0 saturated heterocycles. The average molecular weight is 584 g/mol. The number of benzene rings is 1. The Balaban J connectivity index is 0.000000327. The number of alkyl halides is 3. The second kappa shape index (κ2) is 14.4. The third-order valence-corrected chi connectivity index (χ3v) is 6.83. The molecule has 0 radical (unpaired) electrons. The zero-order chi connectivity index (χ0) is 30.2. The Kier molecular flexibility index (Phi) is 11.3. The number of rotatable bonds is 12. The molecule has 1 aromatic heterocycles. The van der Waals surface area contributed by atoms with Crippen LogP contribution in [0.3, 0.4) is 0 Å². The summed E-state index contributed by atoms with van der Waals surface area (Å²) < 4.78 is 54.7. The van der Waals surface area contributed by atoms with E-state index in [9.17, 15) is 31.9 Å². The molecule has 2 aliphatic carbocycles. The molecular formula is C28H37F4N5O4. The summed E-state index contributed by atoms with van der Waals surface area (Å²) in [6, 6.07) is 7.08. The molecular weight excluding hydrogens is 546 g/mol. The third-order valence-electron chi connectivity index (χ3n) is 6.83. The van der Waals surface area contributed by atoms with Gasteiger partial charge in [0.25, 0.3) is 5.91 Å². The van der Waals surface area contributed by atoms with E-state index in [0.717, 1.165) is 25.7 Å². The first-order valence-corrected chi connectivity index (χ1v) is 13.6. The minimum atomic E-state index is -4.34. The van der Waals surface area contributed by atoms with Crippen LogP contribution < -0.4 is 16.0 Å². The lowest BCUT2D eigenvalue weighted by Gasteiger charge is -2.28. The topological polar surface area (TPSA) is 114 Å². The summed E-state index contributed by atoms with van der Waals surface area (Å²) in [7, 11) is 1.37. The highest BCUT2D eigenvalue weighted by molar-refractivity contribution is 6.00. The van der Waals surface area contributed by atoms with Crippen LogP contribution in [0, 0.1) is 23.6 Å². The number of amides is 3. The summed E-state index contributed by atoms with van der Waals surface area (Å²) in [5, 5.41) is 11.6. The molecule has 3 amide bonds. The second-order valence-corrected chi connectivity index (χ2v) is 10.6. The summed E-state index contributed by atoms with van der Waals surface area (Å²) in [6.07, 6.45) is 1.49. The number of nitrogens with zero attached hydrogens (tertiary/aromatic N) is 2. The van der Waals surface area contributed by atoms with Gasteiger partial charge < -0.3 is 20.7 Å². The highest BCUT2D eigenvalue weighted by atomic mass is 19.4. The van der Waals surface area contributed by atoms with Gasteiger partial charge in [0.05, 0.1) is 12.3 Å². The monoisotopic (exact) mass is 583 g/mol. The maximum absolute atomic E-state index is 14.1. The van der Waals surface area contributed by atoms with Gasteiger partial charge in [-0.05, 0) is 75.5 Å². The minimum Gasteiger partial charge on any atom is -0.384 e. The van der Waals surface area contributed by atoms with Gasteiger partial charge in [0.1, 0.15) is 24.1 Å². The molecule has 2 aliphatic rings. The Bertz CT molecular complexity index is 1170. The number of halogens is 4. The molecule has 226 valence electrons. The molecule has 1 aromatic carbocycles. The van der Waals surface area contributed by atoms with Crippen LogP contribution in [0.25, 0.3) is 0 Å². The molecule has 3 N–H and O–H groups in total. The van der Waals surface area contributed by atoms with Gasteiger partial charge in [-0.1, -0.05) is 12.1 Å². The van der Waals surface area contributed by atoms with Crippen molar-refractivity contribution in [3.05, 3.63) is 48.0 Å². The number of hydrogen-bond acceptors (Lipinski definition) is 5. The van der Waals surface area contributed by atoms with E-state index in [1.54, 1.807) is 34.4 Å². The van der Waals surface area contributed by atoms with E-state index in [4.69, 9.17) is 0 Å². The Hall–Kier alpha value is -3.48. The molecule has 2 saturated carbocycles. The predicted molar refractivity (Wildman–Crippen MR) is 143 cm³/mol. The third kappa shape index (κ3) is 10.1. The SMILES string of the molecule is CC(C)n1nccc1C(=O)NC(C(=O)Nc1ccccc1F)C(C1CC1)C1CC1.COCCC(=O)NCC(F)(F)F. The smallest absolute Gasteiger partial charge is 0.384 e. The number of anilines is 1. The zero-order valence-corrected chi connectivity index (χ0v) is 23.3. The Morgan fingerprint density at radius 2 is 1.71 bits per heavy atom. The van der Waals surface area contributed by atoms with Crippen molar-refractivity contribution in [3.8, 4) is 0 Å². The van der Waals surface area contributed by atoms with Crippen LogP contribution in [0.1, 0.15) is 62.5 Å². The lowest BCUT2D eigenvalue weighted by atomic mass is 9.88. The normalized spacial score (nSPS) is 15.6. The summed E-state index contributed by atoms with van der Waals surface area (Å²) in [5.74, 6) is -0.865. The largest absolute Gasteiger partial charge is 0.405 e. The molecule has 13 heteroatoms. The summed E-state index contributed by atoms with van der Waals surface area (Å²) >= 11 is 0. The molecule has 41 heavy (non-hydrogen) atoms. The lowest BCUT2D eigenvalue weighted by molar-refractivity contribution is -0.138. The van der Waals surface area contributed by atoms with E-state index in [-0.39, 0.29) is 42.5 Å². The van der Waals surface area contributed by atoms with Crippen molar-refractivity contribution in [1.82, 2.24) is 20.4 Å². The predicted octanol–water partition coefficient (Wildman–Crippen LogP) is 4.48. The van der Waals surface area contributed by atoms with Gasteiger partial charge in [0.15, 0.2) is 0 Å². The van der Waals surface area contributed by atoms with E-state index < -0.39 is 30.5 Å². The average Bonchev–Trinajstić information content (AvgIpc) is 3.86. The first kappa shape index (κ1) is 32.0. The van der Waals surface area contributed by atoms with Crippen LogP contribution in [-0.2, 0) is 14.3 Å². The van der Waals surface area contributed by atoms with Crippen LogP contribution >= 0.6 is 0 Å². The van der Waals surface area contributed by atoms with E-state index in [2.05, 4.69) is 20.5 Å². The second-order valence-electron chi connectivity index (χ2n) is 10.6. The number of hydrogen-bond donors (Lipinski definition) is 3. The van der Waals surface area contributed by atoms with Crippen molar-refractivity contribution >= 4 is 23.4 Å². The van der Waals surface area contributed by atoms with Gasteiger partial charge in [0, 0.05) is 25.8 Å². The van der Waals surface area contributed by atoms with Crippen molar-refractivity contribution in [3.63, 3.8) is 0 Å². The Morgan fingerprint density at radius 3 is 2.24 bits per heavy atom. The van der Waals surface area contributed by atoms with Gasteiger partial charge >= 0.3 is 6.18 Å². The van der Waals surface area contributed by atoms with Gasteiger partial charge in [-0.2, -0.15) is 18.3 Å². The van der Waals surface area contributed by atoms with Gasteiger partial charge in [-0.3, -0.25) is 19.1 Å². The molecule has 0 spiro atoms. The minimum absolute atomic E-state index is 0.0269. The van der Waals surface area contributed by atoms with E-state index >= 15 is 0 Å². The van der Waals surface area contributed by atoms with Crippen molar-refractivity contribution in [1.29, 1.82) is 0 Å². The molecule has 9 nitrogen and oxygen atoms in total. The quantitative estimate of drug-likeness (QED) is 0.319. The van der Waals surface area contributed by atoms with Crippen LogP contribution in [0.15, 0.2) is 36.5 Å². The Labute approximate surface area is 236 Å². The van der Waals surface area contributed by atoms with E-state index in [1.165, 1.54) is 19.2 Å². The fraction of sp³-hybridized carbons (Fsp3) is 0.571. The molecule has 2 aromatic rings. The molecule has 1 heterocycles. The first-order chi connectivity index (χ1) is 19.4. The number of carbonyl (C=O) groups excluding carboxylic acids is 3. The van der Waals surface area contributed by atoms with Gasteiger partial charge in [0.2, 0.25) is 11.8 Å². The fourth-order valence-electron chi connectivity index (χ4n) is 4.60. The fourth-order valence-corrected chi connectivity index (χ4v) is 4.60. The molecule has 1 unspecified atom stereocenters. The number of methoxy groups -OCH3 is 1. The summed E-state index contributed by atoms with van der Waals surface area (Å²) in [5.41, 5.74) is 0.559. The summed E-state index contributed by atoms with van der Waals surface area (Å²) in [6.45, 7) is 2.74. The lowest BCUT2D eigenvalue weighted by Crippen LogP contribution is -2.50. The standard InChI is InChI=1S/C22H27FN4O2.C6H10F3NO2/c1-13(2)27-18(11-12-24-27)21(28)26-20(19(14-7-8-14)15-9-10-15)22(29)25-17-6-4-3-5-16(17)23;1-12-3-2-5(11)10-4-6(7,8)9/h3-6,11-15,19-20H,7-10H2,1-2H3,(H,25,29)(H,26,28);2-4H2,1H3,(H,10,11). The Morgan fingerprint density at radius 1 is 1.07 bits per heavy atom. The van der Waals surface area contributed by atoms with E-state index in [0.29, 0.717) is 17.5 Å². The molecule has 4 rings (SSSR count). The zero-order valence-electron chi connectivity index (χ0n) is 23.3. The van der Waals surface area contributed by atoms with Crippen LogP contribution in [0.4, 0.5) is 23.2 Å². The van der Waals surface area contributed by atoms with Crippen LogP contribution in [-0.4, -0.2) is 60.0 Å². The van der Waals surface area contributed by atoms with Crippen molar-refractivity contribution < 1.29 is 36.7 Å².